The van der Waals surface area contributed by atoms with E-state index in [1.54, 1.807) is 12.1 Å². The Morgan fingerprint density at radius 2 is 1.61 bits per heavy atom. The molecule has 4 aromatic rings. The molecule has 0 bridgehead atoms. The number of carboxylic acids is 1. The van der Waals surface area contributed by atoms with E-state index in [0.29, 0.717) is 11.5 Å². The van der Waals surface area contributed by atoms with Gasteiger partial charge in [0.1, 0.15) is 24.1 Å². The number of phenolic OH excluding ortho intramolecular Hbond substituents is 1. The third-order valence-electron chi connectivity index (χ3n) is 6.04. The number of nitrogens with one attached hydrogen (secondary N) is 2. The summed E-state index contributed by atoms with van der Waals surface area (Å²) >= 11 is 1.12. The van der Waals surface area contributed by atoms with Crippen LogP contribution >= 0.6 is 11.9 Å². The monoisotopic (exact) mass is 528 g/mol. The molecule has 0 aliphatic rings. The summed E-state index contributed by atoms with van der Waals surface area (Å²) in [4.78, 5) is 12.0. The van der Waals surface area contributed by atoms with Crippen LogP contribution in [0.2, 0.25) is 0 Å². The number of hydrogen-bond acceptors (Lipinski definition) is 6. The van der Waals surface area contributed by atoms with E-state index in [1.807, 2.05) is 80.6 Å². The van der Waals surface area contributed by atoms with Gasteiger partial charge in [0.25, 0.3) is 0 Å². The fraction of sp³-hybridized carbons (Fsp3) is 0.194. The predicted octanol–water partition coefficient (Wildman–Crippen LogP) is 7.40. The lowest BCUT2D eigenvalue weighted by atomic mass is 10.0. The molecular formula is C31H32N2O4S. The van der Waals surface area contributed by atoms with Gasteiger partial charge in [-0.25, -0.2) is 4.72 Å². The zero-order valence-corrected chi connectivity index (χ0v) is 22.5. The minimum atomic E-state index is -0.917. The van der Waals surface area contributed by atoms with E-state index < -0.39 is 12.0 Å². The van der Waals surface area contributed by atoms with Crippen molar-refractivity contribution in [2.45, 2.75) is 38.3 Å². The van der Waals surface area contributed by atoms with Gasteiger partial charge < -0.3 is 20.3 Å². The second-order valence-corrected chi connectivity index (χ2v) is 10.3. The van der Waals surface area contributed by atoms with Crippen LogP contribution in [-0.4, -0.2) is 22.2 Å². The molecule has 0 heterocycles. The smallest absolute Gasteiger partial charge is 0.321 e. The van der Waals surface area contributed by atoms with Crippen LogP contribution in [-0.2, 0) is 11.4 Å². The van der Waals surface area contributed by atoms with Gasteiger partial charge in [-0.2, -0.15) is 0 Å². The number of rotatable bonds is 11. The van der Waals surface area contributed by atoms with Crippen molar-refractivity contribution in [2.24, 2.45) is 5.92 Å². The quantitative estimate of drug-likeness (QED) is 0.151. The maximum absolute atomic E-state index is 11.4. The lowest BCUT2D eigenvalue weighted by Crippen LogP contribution is -2.36. The standard InChI is InChI=1S/C31H32N2O4S/c1-20(2)30(31(35)36)33-38-29-16-11-24(18-28(29)34)23-9-7-22(8-10-23)19-37-27-14-12-25(13-15-27)32-26-6-4-5-21(3)17-26/h4-18,20,30,32-34H,19H2,1-3H3,(H,35,36). The maximum Gasteiger partial charge on any atom is 0.321 e. The highest BCUT2D eigenvalue weighted by Crippen LogP contribution is 2.32. The molecule has 38 heavy (non-hydrogen) atoms. The van der Waals surface area contributed by atoms with Crippen molar-refractivity contribution >= 4 is 29.3 Å². The van der Waals surface area contributed by atoms with Crippen LogP contribution in [0.4, 0.5) is 11.4 Å². The fourth-order valence-corrected chi connectivity index (χ4v) is 4.79. The number of benzene rings is 4. The normalized spacial score (nSPS) is 11.8. The second kappa shape index (κ2) is 12.5. The Hall–Kier alpha value is -3.94. The molecule has 4 N–H and O–H groups in total. The van der Waals surface area contributed by atoms with Gasteiger partial charge in [0.2, 0.25) is 0 Å². The topological polar surface area (TPSA) is 90.8 Å². The average Bonchev–Trinajstić information content (AvgIpc) is 2.89. The van der Waals surface area contributed by atoms with Crippen molar-refractivity contribution in [3.05, 3.63) is 102 Å². The van der Waals surface area contributed by atoms with E-state index >= 15 is 0 Å². The molecule has 0 aromatic heterocycles. The molecule has 0 fully saturated rings. The first-order valence-electron chi connectivity index (χ1n) is 12.4. The minimum Gasteiger partial charge on any atom is -0.507 e. The number of hydrogen-bond donors (Lipinski definition) is 4. The highest BCUT2D eigenvalue weighted by molar-refractivity contribution is 7.97. The Morgan fingerprint density at radius 3 is 2.24 bits per heavy atom. The zero-order valence-electron chi connectivity index (χ0n) is 21.6. The first-order valence-corrected chi connectivity index (χ1v) is 13.2. The first-order chi connectivity index (χ1) is 18.3. The molecular weight excluding hydrogens is 496 g/mol. The van der Waals surface area contributed by atoms with Crippen LogP contribution in [0.15, 0.2) is 95.9 Å². The van der Waals surface area contributed by atoms with Crippen LogP contribution < -0.4 is 14.8 Å². The lowest BCUT2D eigenvalue weighted by molar-refractivity contribution is -0.139. The molecule has 7 heteroatoms. The minimum absolute atomic E-state index is 0.0793. The number of carbonyl (C=O) groups is 1. The van der Waals surface area contributed by atoms with Crippen molar-refractivity contribution in [1.82, 2.24) is 4.72 Å². The summed E-state index contributed by atoms with van der Waals surface area (Å²) in [6.45, 7) is 6.19. The Balaban J connectivity index is 1.32. The molecule has 0 amide bonds. The summed E-state index contributed by atoms with van der Waals surface area (Å²) in [5.41, 5.74) is 6.12. The third-order valence-corrected chi connectivity index (χ3v) is 6.98. The Kier molecular flexibility index (Phi) is 8.94. The summed E-state index contributed by atoms with van der Waals surface area (Å²) in [6, 6.07) is 28.8. The Bertz CT molecular complexity index is 1370. The van der Waals surface area contributed by atoms with Gasteiger partial charge in [-0.15, -0.1) is 0 Å². The third kappa shape index (κ3) is 7.31. The van der Waals surface area contributed by atoms with Gasteiger partial charge in [0.15, 0.2) is 0 Å². The molecule has 1 atom stereocenters. The molecule has 4 rings (SSSR count). The molecule has 196 valence electrons. The highest BCUT2D eigenvalue weighted by atomic mass is 32.2. The zero-order chi connectivity index (χ0) is 27.1. The molecule has 0 saturated carbocycles. The van der Waals surface area contributed by atoms with Crippen molar-refractivity contribution in [3.8, 4) is 22.6 Å². The van der Waals surface area contributed by atoms with Gasteiger partial charge in [-0.3, -0.25) is 4.79 Å². The molecule has 0 saturated heterocycles. The van der Waals surface area contributed by atoms with E-state index in [0.717, 1.165) is 45.8 Å². The van der Waals surface area contributed by atoms with Gasteiger partial charge in [-0.05, 0) is 95.6 Å². The molecule has 6 nitrogen and oxygen atoms in total. The van der Waals surface area contributed by atoms with Crippen molar-refractivity contribution < 1.29 is 19.7 Å². The SMILES string of the molecule is Cc1cccc(Nc2ccc(OCc3ccc(-c4ccc(SNC(C(=O)O)C(C)C)c(O)c4)cc3)cc2)c1. The summed E-state index contributed by atoms with van der Waals surface area (Å²) in [7, 11) is 0. The van der Waals surface area contributed by atoms with Crippen molar-refractivity contribution in [2.75, 3.05) is 5.32 Å². The summed E-state index contributed by atoms with van der Waals surface area (Å²) in [6.07, 6.45) is 0. The van der Waals surface area contributed by atoms with E-state index in [1.165, 1.54) is 5.56 Å². The predicted molar refractivity (Wildman–Crippen MR) is 154 cm³/mol. The van der Waals surface area contributed by atoms with Crippen molar-refractivity contribution in [1.29, 1.82) is 0 Å². The number of aromatic hydroxyl groups is 1. The second-order valence-electron chi connectivity index (χ2n) is 9.47. The Labute approximate surface area is 227 Å². The molecule has 0 spiro atoms. The number of aliphatic carboxylic acids is 1. The van der Waals surface area contributed by atoms with Gasteiger partial charge in [0.05, 0.1) is 4.90 Å². The summed E-state index contributed by atoms with van der Waals surface area (Å²) in [5.74, 6) is -0.108. The molecule has 0 aliphatic carbocycles. The summed E-state index contributed by atoms with van der Waals surface area (Å²) < 4.78 is 8.88. The highest BCUT2D eigenvalue weighted by Gasteiger charge is 2.21. The van der Waals surface area contributed by atoms with Crippen LogP contribution in [0.25, 0.3) is 11.1 Å². The molecule has 0 radical (unpaired) electrons. The van der Waals surface area contributed by atoms with Gasteiger partial charge in [-0.1, -0.05) is 56.3 Å². The van der Waals surface area contributed by atoms with Crippen LogP contribution in [0.5, 0.6) is 11.5 Å². The number of phenols is 1. The maximum atomic E-state index is 11.4. The lowest BCUT2D eigenvalue weighted by Gasteiger charge is -2.17. The number of aryl methyl sites for hydroxylation is 1. The van der Waals surface area contributed by atoms with Crippen LogP contribution in [0, 0.1) is 12.8 Å². The Morgan fingerprint density at radius 1 is 0.895 bits per heavy atom. The van der Waals surface area contributed by atoms with Crippen LogP contribution in [0.3, 0.4) is 0 Å². The van der Waals surface area contributed by atoms with E-state index in [4.69, 9.17) is 4.74 Å². The molecule has 1 unspecified atom stereocenters. The number of ether oxygens (including phenoxy) is 1. The number of carboxylic acid groups (broad SMARTS) is 1. The van der Waals surface area contributed by atoms with Gasteiger partial charge in [0, 0.05) is 11.4 Å². The van der Waals surface area contributed by atoms with Crippen molar-refractivity contribution in [3.63, 3.8) is 0 Å². The van der Waals surface area contributed by atoms with E-state index in [-0.39, 0.29) is 11.7 Å². The first kappa shape index (κ1) is 27.1. The van der Waals surface area contributed by atoms with E-state index in [9.17, 15) is 15.0 Å². The average molecular weight is 529 g/mol. The molecule has 0 aliphatic heterocycles. The van der Waals surface area contributed by atoms with E-state index in [2.05, 4.69) is 29.1 Å². The number of anilines is 2. The summed E-state index contributed by atoms with van der Waals surface area (Å²) in [5, 5.41) is 23.2. The van der Waals surface area contributed by atoms with Crippen LogP contribution in [0.1, 0.15) is 25.0 Å². The largest absolute Gasteiger partial charge is 0.507 e. The molecule has 4 aromatic carbocycles. The fourth-order valence-electron chi connectivity index (χ4n) is 3.87. The van der Waals surface area contributed by atoms with Gasteiger partial charge >= 0.3 is 5.97 Å².